The van der Waals surface area contributed by atoms with E-state index in [2.05, 4.69) is 5.32 Å². The number of hydrogen-bond donors (Lipinski definition) is 1. The van der Waals surface area contributed by atoms with Gasteiger partial charge in [-0.1, -0.05) is 29.8 Å². The molecule has 0 saturated carbocycles. The van der Waals surface area contributed by atoms with Crippen LogP contribution in [0.3, 0.4) is 0 Å². The summed E-state index contributed by atoms with van der Waals surface area (Å²) < 4.78 is 12.7. The number of aromatic nitrogens is 3. The Labute approximate surface area is 184 Å². The van der Waals surface area contributed by atoms with Crippen LogP contribution in [0.15, 0.2) is 53.7 Å². The third-order valence-corrected chi connectivity index (χ3v) is 6.04. The van der Waals surface area contributed by atoms with Gasteiger partial charge in [-0.15, -0.1) is 5.10 Å². The highest BCUT2D eigenvalue weighted by atomic mass is 35.5. The topological polar surface area (TPSA) is 78.3 Å². The van der Waals surface area contributed by atoms with Crippen LogP contribution in [0, 0.1) is 0 Å². The lowest BCUT2D eigenvalue weighted by atomic mass is 9.85. The maximum Gasteiger partial charge on any atom is 0.226 e. The van der Waals surface area contributed by atoms with Crippen molar-refractivity contribution >= 4 is 23.3 Å². The molecule has 1 aliphatic carbocycles. The lowest BCUT2D eigenvalue weighted by molar-refractivity contribution is -0.116. The number of nitrogens with one attached hydrogen (secondary N) is 1. The highest BCUT2D eigenvalue weighted by molar-refractivity contribution is 6.33. The minimum absolute atomic E-state index is 0.119. The first-order valence-corrected chi connectivity index (χ1v) is 10.4. The number of benzene rings is 2. The van der Waals surface area contributed by atoms with Crippen molar-refractivity contribution in [1.29, 1.82) is 0 Å². The molecule has 2 heterocycles. The van der Waals surface area contributed by atoms with E-state index in [1.54, 1.807) is 18.9 Å². The van der Waals surface area contributed by atoms with Crippen molar-refractivity contribution in [2.75, 3.05) is 19.5 Å². The van der Waals surface area contributed by atoms with Gasteiger partial charge in [0.05, 0.1) is 19.2 Å². The van der Waals surface area contributed by atoms with Crippen LogP contribution in [0.1, 0.15) is 30.9 Å². The van der Waals surface area contributed by atoms with Crippen LogP contribution < -0.4 is 14.8 Å². The van der Waals surface area contributed by atoms with E-state index in [1.807, 2.05) is 42.5 Å². The van der Waals surface area contributed by atoms with E-state index in [0.29, 0.717) is 34.7 Å². The average Bonchev–Trinajstić information content (AvgIpc) is 3.21. The molecule has 1 atom stereocenters. The SMILES string of the molecule is COc1ccc(C2C3=C(CCCC3=O)Nc3nc(-c4ccccc4Cl)nn32)cc1OC. The summed E-state index contributed by atoms with van der Waals surface area (Å²) in [5, 5.41) is 8.67. The largest absolute Gasteiger partial charge is 0.493 e. The second-order valence-electron chi connectivity index (χ2n) is 7.49. The Kier molecular flexibility index (Phi) is 4.90. The molecular weight excluding hydrogens is 416 g/mol. The maximum atomic E-state index is 13.0. The normalized spacial score (nSPS) is 17.6. The first-order chi connectivity index (χ1) is 15.1. The van der Waals surface area contributed by atoms with Gasteiger partial charge in [0, 0.05) is 23.3 Å². The molecule has 0 spiro atoms. The van der Waals surface area contributed by atoms with Gasteiger partial charge in [0.15, 0.2) is 23.1 Å². The van der Waals surface area contributed by atoms with E-state index < -0.39 is 6.04 Å². The Morgan fingerprint density at radius 2 is 1.90 bits per heavy atom. The van der Waals surface area contributed by atoms with Gasteiger partial charge in [-0.25, -0.2) is 4.68 Å². The van der Waals surface area contributed by atoms with Crippen molar-refractivity contribution in [2.45, 2.75) is 25.3 Å². The molecule has 0 fully saturated rings. The van der Waals surface area contributed by atoms with Crippen molar-refractivity contribution in [2.24, 2.45) is 0 Å². The number of Topliss-reactive ketones (excluding diaryl/α,β-unsaturated/α-hetero) is 1. The Morgan fingerprint density at radius 1 is 1.10 bits per heavy atom. The van der Waals surface area contributed by atoms with Crippen LogP contribution in [0.5, 0.6) is 11.5 Å². The van der Waals surface area contributed by atoms with E-state index in [1.165, 1.54) is 0 Å². The summed E-state index contributed by atoms with van der Waals surface area (Å²) in [4.78, 5) is 17.7. The average molecular weight is 437 g/mol. The number of methoxy groups -OCH3 is 2. The molecule has 8 heteroatoms. The number of ketones is 1. The van der Waals surface area contributed by atoms with Crippen LogP contribution in [0.2, 0.25) is 5.02 Å². The highest BCUT2D eigenvalue weighted by Crippen LogP contribution is 2.42. The Morgan fingerprint density at radius 3 is 2.68 bits per heavy atom. The lowest BCUT2D eigenvalue weighted by Gasteiger charge is -2.32. The second-order valence-corrected chi connectivity index (χ2v) is 7.90. The summed E-state index contributed by atoms with van der Waals surface area (Å²) in [5.74, 6) is 2.43. The zero-order chi connectivity index (χ0) is 21.5. The van der Waals surface area contributed by atoms with Crippen LogP contribution in [0.25, 0.3) is 11.4 Å². The fourth-order valence-electron chi connectivity index (χ4n) is 4.24. The van der Waals surface area contributed by atoms with Gasteiger partial charge in [-0.3, -0.25) is 4.79 Å². The molecule has 5 rings (SSSR count). The molecule has 1 aromatic heterocycles. The van der Waals surface area contributed by atoms with E-state index >= 15 is 0 Å². The smallest absolute Gasteiger partial charge is 0.226 e. The van der Waals surface area contributed by atoms with Crippen molar-refractivity contribution < 1.29 is 14.3 Å². The van der Waals surface area contributed by atoms with Gasteiger partial charge < -0.3 is 14.8 Å². The van der Waals surface area contributed by atoms with Crippen molar-refractivity contribution in [1.82, 2.24) is 14.8 Å². The summed E-state index contributed by atoms with van der Waals surface area (Å²) in [7, 11) is 3.19. The number of allylic oxidation sites excluding steroid dienone is 2. The molecule has 2 aromatic carbocycles. The predicted molar refractivity (Wildman–Crippen MR) is 118 cm³/mol. The molecule has 7 nitrogen and oxygen atoms in total. The summed E-state index contributed by atoms with van der Waals surface area (Å²) in [6.45, 7) is 0. The number of nitrogens with zero attached hydrogens (tertiary/aromatic N) is 3. The molecule has 1 aliphatic heterocycles. The third-order valence-electron chi connectivity index (χ3n) is 5.71. The molecule has 3 aromatic rings. The minimum Gasteiger partial charge on any atom is -0.493 e. The van der Waals surface area contributed by atoms with Crippen LogP contribution in [-0.2, 0) is 4.79 Å². The maximum absolute atomic E-state index is 13.0. The fourth-order valence-corrected chi connectivity index (χ4v) is 4.46. The molecule has 1 unspecified atom stereocenters. The molecule has 0 amide bonds. The first-order valence-electron chi connectivity index (χ1n) is 10.1. The van der Waals surface area contributed by atoms with Gasteiger partial charge in [-0.05, 0) is 42.7 Å². The van der Waals surface area contributed by atoms with Crippen molar-refractivity contribution in [3.8, 4) is 22.9 Å². The number of ether oxygens (including phenoxy) is 2. The number of hydrogen-bond acceptors (Lipinski definition) is 6. The number of halogens is 1. The molecule has 2 aliphatic rings. The standard InChI is InChI=1S/C23H21ClN4O3/c1-30-18-11-10-13(12-19(18)31-2)21-20-16(8-5-9-17(20)29)25-23-26-22(27-28(21)23)14-6-3-4-7-15(14)24/h3-4,6-7,10-12,21H,5,8-9H2,1-2H3,(H,25,26,27). The molecule has 158 valence electrons. The van der Waals surface area contributed by atoms with E-state index in [4.69, 9.17) is 31.2 Å². The zero-order valence-corrected chi connectivity index (χ0v) is 17.9. The molecular formula is C23H21ClN4O3. The van der Waals surface area contributed by atoms with Gasteiger partial charge in [0.1, 0.15) is 6.04 Å². The highest BCUT2D eigenvalue weighted by Gasteiger charge is 2.37. The zero-order valence-electron chi connectivity index (χ0n) is 17.2. The number of carbonyl (C=O) groups excluding carboxylic acids is 1. The lowest BCUT2D eigenvalue weighted by Crippen LogP contribution is -2.31. The Hall–Kier alpha value is -3.32. The number of fused-ring (bicyclic) bond motifs is 1. The molecule has 0 radical (unpaired) electrons. The third kappa shape index (κ3) is 3.25. The van der Waals surface area contributed by atoms with E-state index in [0.717, 1.165) is 35.2 Å². The summed E-state index contributed by atoms with van der Waals surface area (Å²) in [6.07, 6.45) is 2.12. The predicted octanol–water partition coefficient (Wildman–Crippen LogP) is 4.64. The van der Waals surface area contributed by atoms with Gasteiger partial charge in [-0.2, -0.15) is 4.98 Å². The monoisotopic (exact) mass is 436 g/mol. The quantitative estimate of drug-likeness (QED) is 0.642. The van der Waals surface area contributed by atoms with Crippen molar-refractivity contribution in [3.63, 3.8) is 0 Å². The van der Waals surface area contributed by atoms with Gasteiger partial charge in [0.25, 0.3) is 0 Å². The number of rotatable bonds is 4. The Balaban J connectivity index is 1.69. The summed E-state index contributed by atoms with van der Waals surface area (Å²) >= 11 is 6.39. The van der Waals surface area contributed by atoms with Gasteiger partial charge in [0.2, 0.25) is 5.95 Å². The molecule has 0 saturated heterocycles. The summed E-state index contributed by atoms with van der Waals surface area (Å²) in [5.41, 5.74) is 3.24. The Bertz CT molecular complexity index is 1220. The second kappa shape index (κ2) is 7.74. The molecule has 0 bridgehead atoms. The van der Waals surface area contributed by atoms with E-state index in [-0.39, 0.29) is 5.78 Å². The number of anilines is 1. The molecule has 31 heavy (non-hydrogen) atoms. The van der Waals surface area contributed by atoms with Gasteiger partial charge >= 0.3 is 0 Å². The van der Waals surface area contributed by atoms with Crippen LogP contribution in [0.4, 0.5) is 5.95 Å². The van der Waals surface area contributed by atoms with Crippen LogP contribution >= 0.6 is 11.6 Å². The van der Waals surface area contributed by atoms with Crippen LogP contribution in [-0.4, -0.2) is 34.8 Å². The van der Waals surface area contributed by atoms with E-state index in [9.17, 15) is 4.79 Å². The van der Waals surface area contributed by atoms with Crippen molar-refractivity contribution in [3.05, 3.63) is 64.3 Å². The minimum atomic E-state index is -0.414. The fraction of sp³-hybridized carbons (Fsp3) is 0.261. The molecule has 1 N–H and O–H groups in total. The first kappa shape index (κ1) is 19.6. The summed E-state index contributed by atoms with van der Waals surface area (Å²) in [6, 6.07) is 12.7. The number of carbonyl (C=O) groups is 1.